The molecular formula is C23H22N4O3S. The summed E-state index contributed by atoms with van der Waals surface area (Å²) in [7, 11) is 0. The van der Waals surface area contributed by atoms with Crippen molar-refractivity contribution >= 4 is 17.2 Å². The molecule has 0 bridgehead atoms. The van der Waals surface area contributed by atoms with Gasteiger partial charge in [-0.2, -0.15) is 4.98 Å². The van der Waals surface area contributed by atoms with E-state index in [1.807, 2.05) is 38.1 Å². The van der Waals surface area contributed by atoms with Crippen LogP contribution in [0.1, 0.15) is 60.1 Å². The van der Waals surface area contributed by atoms with Crippen LogP contribution in [0, 0.1) is 5.92 Å². The molecule has 4 aromatic rings. The van der Waals surface area contributed by atoms with E-state index in [4.69, 9.17) is 13.9 Å². The van der Waals surface area contributed by atoms with Crippen molar-refractivity contribution in [1.82, 2.24) is 20.4 Å². The Hall–Kier alpha value is -3.26. The van der Waals surface area contributed by atoms with Gasteiger partial charge in [0, 0.05) is 22.4 Å². The summed E-state index contributed by atoms with van der Waals surface area (Å²) in [5.41, 5.74) is 2.84. The summed E-state index contributed by atoms with van der Waals surface area (Å²) >= 11 is 1.72. The molecule has 3 heterocycles. The number of amides is 1. The second-order valence-electron chi connectivity index (χ2n) is 8.05. The first-order chi connectivity index (χ1) is 15.1. The van der Waals surface area contributed by atoms with E-state index < -0.39 is 6.04 Å². The molecule has 1 saturated carbocycles. The van der Waals surface area contributed by atoms with Crippen molar-refractivity contribution in [3.8, 4) is 22.6 Å². The van der Waals surface area contributed by atoms with E-state index in [-0.39, 0.29) is 17.6 Å². The SMILES string of the molecule is CC(C)[C@@H](NC(=O)c1ccco1)c1nc(-c2cccc(-c3csc(C4CC4)n3)c2)no1. The molecule has 1 N–H and O–H groups in total. The van der Waals surface area contributed by atoms with Crippen molar-refractivity contribution in [2.75, 3.05) is 0 Å². The minimum Gasteiger partial charge on any atom is -0.459 e. The summed E-state index contributed by atoms with van der Waals surface area (Å²) in [4.78, 5) is 21.8. The van der Waals surface area contributed by atoms with Crippen molar-refractivity contribution < 1.29 is 13.7 Å². The van der Waals surface area contributed by atoms with Crippen LogP contribution >= 0.6 is 11.3 Å². The number of carbonyl (C=O) groups excluding carboxylic acids is 1. The van der Waals surface area contributed by atoms with E-state index in [2.05, 4.69) is 20.8 Å². The van der Waals surface area contributed by atoms with Gasteiger partial charge < -0.3 is 14.3 Å². The van der Waals surface area contributed by atoms with Gasteiger partial charge in [0.1, 0.15) is 6.04 Å². The average Bonchev–Trinajstić information content (AvgIpc) is 3.22. The zero-order chi connectivity index (χ0) is 21.4. The van der Waals surface area contributed by atoms with Crippen molar-refractivity contribution in [2.24, 2.45) is 5.92 Å². The lowest BCUT2D eigenvalue weighted by Crippen LogP contribution is -2.31. The fourth-order valence-corrected chi connectivity index (χ4v) is 4.37. The van der Waals surface area contributed by atoms with Gasteiger partial charge in [-0.15, -0.1) is 11.3 Å². The zero-order valence-electron chi connectivity index (χ0n) is 17.2. The second-order valence-corrected chi connectivity index (χ2v) is 8.94. The Bertz CT molecular complexity index is 1190. The van der Waals surface area contributed by atoms with E-state index in [1.165, 1.54) is 24.1 Å². The highest BCUT2D eigenvalue weighted by molar-refractivity contribution is 7.10. The molecule has 1 amide bonds. The van der Waals surface area contributed by atoms with Crippen LogP contribution in [0.4, 0.5) is 0 Å². The molecule has 5 rings (SSSR count). The number of thiazole rings is 1. The maximum atomic E-state index is 12.4. The van der Waals surface area contributed by atoms with Gasteiger partial charge in [0.25, 0.3) is 5.91 Å². The van der Waals surface area contributed by atoms with Gasteiger partial charge in [-0.25, -0.2) is 4.98 Å². The largest absolute Gasteiger partial charge is 0.459 e. The highest BCUT2D eigenvalue weighted by Gasteiger charge is 2.28. The van der Waals surface area contributed by atoms with Crippen LogP contribution in [0.2, 0.25) is 0 Å². The van der Waals surface area contributed by atoms with Gasteiger partial charge in [-0.05, 0) is 37.0 Å². The molecule has 7 nitrogen and oxygen atoms in total. The van der Waals surface area contributed by atoms with E-state index in [0.717, 1.165) is 16.8 Å². The van der Waals surface area contributed by atoms with Crippen LogP contribution in [0.15, 0.2) is 57.0 Å². The number of furan rings is 1. The first-order valence-electron chi connectivity index (χ1n) is 10.3. The minimum absolute atomic E-state index is 0.0504. The average molecular weight is 435 g/mol. The monoisotopic (exact) mass is 434 g/mol. The fraction of sp³-hybridized carbons (Fsp3) is 0.304. The predicted molar refractivity (Wildman–Crippen MR) is 117 cm³/mol. The summed E-state index contributed by atoms with van der Waals surface area (Å²) in [6.07, 6.45) is 3.95. The fourth-order valence-electron chi connectivity index (χ4n) is 3.37. The van der Waals surface area contributed by atoms with Crippen LogP contribution in [-0.4, -0.2) is 21.0 Å². The van der Waals surface area contributed by atoms with Crippen LogP contribution < -0.4 is 5.32 Å². The molecule has 0 spiro atoms. The van der Waals surface area contributed by atoms with Gasteiger partial charge in [-0.1, -0.05) is 37.2 Å². The topological polar surface area (TPSA) is 94.1 Å². The summed E-state index contributed by atoms with van der Waals surface area (Å²) in [5.74, 6) is 1.46. The summed E-state index contributed by atoms with van der Waals surface area (Å²) < 4.78 is 10.7. The van der Waals surface area contributed by atoms with Crippen LogP contribution in [-0.2, 0) is 0 Å². The number of aromatic nitrogens is 3. The highest BCUT2D eigenvalue weighted by Crippen LogP contribution is 2.42. The molecule has 1 aliphatic rings. The standard InChI is InChI=1S/C23H22N4O3S/c1-13(2)19(25-21(28)18-7-4-10-29-18)22-26-20(27-30-22)16-6-3-5-15(11-16)17-12-31-23(24-17)14-8-9-14/h3-7,10-14,19H,8-9H2,1-2H3,(H,25,28)/t19-/m1/s1. The van der Waals surface area contributed by atoms with E-state index in [0.29, 0.717) is 17.6 Å². The zero-order valence-corrected chi connectivity index (χ0v) is 18.1. The molecule has 1 aromatic carbocycles. The first-order valence-corrected chi connectivity index (χ1v) is 11.2. The third-order valence-corrected chi connectivity index (χ3v) is 6.28. The number of hydrogen-bond acceptors (Lipinski definition) is 7. The summed E-state index contributed by atoms with van der Waals surface area (Å²) in [5, 5.41) is 10.4. The third kappa shape index (κ3) is 4.16. The quantitative estimate of drug-likeness (QED) is 0.415. The predicted octanol–water partition coefficient (Wildman–Crippen LogP) is 5.46. The third-order valence-electron chi connectivity index (χ3n) is 5.27. The molecule has 8 heteroatoms. The summed E-state index contributed by atoms with van der Waals surface area (Å²) in [6.45, 7) is 3.97. The lowest BCUT2D eigenvalue weighted by Gasteiger charge is -2.17. The lowest BCUT2D eigenvalue weighted by atomic mass is 10.0. The maximum Gasteiger partial charge on any atom is 0.287 e. The van der Waals surface area contributed by atoms with E-state index in [9.17, 15) is 4.79 Å². The molecule has 158 valence electrons. The number of carbonyl (C=O) groups is 1. The van der Waals surface area contributed by atoms with E-state index in [1.54, 1.807) is 23.5 Å². The van der Waals surface area contributed by atoms with Crippen molar-refractivity contribution in [3.63, 3.8) is 0 Å². The maximum absolute atomic E-state index is 12.4. The Kier molecular flexibility index (Phi) is 5.15. The molecule has 0 radical (unpaired) electrons. The Morgan fingerprint density at radius 3 is 2.74 bits per heavy atom. The minimum atomic E-state index is -0.429. The van der Waals surface area contributed by atoms with E-state index >= 15 is 0 Å². The van der Waals surface area contributed by atoms with Gasteiger partial charge in [-0.3, -0.25) is 4.79 Å². The highest BCUT2D eigenvalue weighted by atomic mass is 32.1. The Balaban J connectivity index is 1.38. The summed E-state index contributed by atoms with van der Waals surface area (Å²) in [6, 6.07) is 10.8. The molecule has 1 atom stereocenters. The Morgan fingerprint density at radius 1 is 1.16 bits per heavy atom. The Morgan fingerprint density at radius 2 is 2.00 bits per heavy atom. The van der Waals surface area contributed by atoms with Crippen LogP contribution in [0.3, 0.4) is 0 Å². The van der Waals surface area contributed by atoms with Crippen molar-refractivity contribution in [1.29, 1.82) is 0 Å². The molecule has 0 saturated heterocycles. The van der Waals surface area contributed by atoms with Gasteiger partial charge in [0.15, 0.2) is 5.76 Å². The number of nitrogens with one attached hydrogen (secondary N) is 1. The molecule has 0 aliphatic heterocycles. The molecule has 3 aromatic heterocycles. The molecule has 31 heavy (non-hydrogen) atoms. The van der Waals surface area contributed by atoms with Gasteiger partial charge >= 0.3 is 0 Å². The second kappa shape index (κ2) is 8.11. The first kappa shape index (κ1) is 19.7. The number of hydrogen-bond donors (Lipinski definition) is 1. The van der Waals surface area contributed by atoms with Crippen LogP contribution in [0.25, 0.3) is 22.6 Å². The van der Waals surface area contributed by atoms with Gasteiger partial charge in [0.05, 0.1) is 17.0 Å². The van der Waals surface area contributed by atoms with Crippen molar-refractivity contribution in [3.05, 3.63) is 64.7 Å². The Labute approximate surface area is 183 Å². The van der Waals surface area contributed by atoms with Gasteiger partial charge in [0.2, 0.25) is 11.7 Å². The molecule has 0 unspecified atom stereocenters. The van der Waals surface area contributed by atoms with Crippen molar-refractivity contribution in [2.45, 2.75) is 38.6 Å². The molecule has 1 fully saturated rings. The number of rotatable bonds is 7. The molecular weight excluding hydrogens is 412 g/mol. The number of benzene rings is 1. The number of nitrogens with zero attached hydrogens (tertiary/aromatic N) is 3. The lowest BCUT2D eigenvalue weighted by molar-refractivity contribution is 0.0885. The normalized spacial score (nSPS) is 14.7. The smallest absolute Gasteiger partial charge is 0.287 e. The molecule has 1 aliphatic carbocycles. The van der Waals surface area contributed by atoms with Crippen LogP contribution in [0.5, 0.6) is 0 Å².